The molecule has 5 heteroatoms. The van der Waals surface area contributed by atoms with Gasteiger partial charge in [0.25, 0.3) is 5.91 Å². The highest BCUT2D eigenvalue weighted by molar-refractivity contribution is 6.31. The Hall–Kier alpha value is -1.55. The minimum Gasteiger partial charge on any atom is -0.480 e. The van der Waals surface area contributed by atoms with E-state index < -0.39 is 12.0 Å². The van der Waals surface area contributed by atoms with Gasteiger partial charge in [0.15, 0.2) is 0 Å². The molecular weight excluding hydrogens is 254 g/mol. The molecule has 1 aliphatic rings. The summed E-state index contributed by atoms with van der Waals surface area (Å²) in [5.74, 6) is -1.30. The summed E-state index contributed by atoms with van der Waals surface area (Å²) in [5, 5.41) is 12.1. The van der Waals surface area contributed by atoms with Gasteiger partial charge in [0.05, 0.1) is 0 Å². The highest BCUT2D eigenvalue weighted by Crippen LogP contribution is 2.33. The van der Waals surface area contributed by atoms with Crippen LogP contribution in [0.3, 0.4) is 0 Å². The van der Waals surface area contributed by atoms with E-state index in [9.17, 15) is 9.59 Å². The number of nitrogens with one attached hydrogen (secondary N) is 1. The van der Waals surface area contributed by atoms with E-state index in [-0.39, 0.29) is 11.8 Å². The normalized spacial score (nSPS) is 16.1. The summed E-state index contributed by atoms with van der Waals surface area (Å²) in [6, 6.07) is 4.22. The summed E-state index contributed by atoms with van der Waals surface area (Å²) >= 11 is 5.94. The van der Waals surface area contributed by atoms with Crippen LogP contribution in [0.15, 0.2) is 18.2 Å². The van der Waals surface area contributed by atoms with Gasteiger partial charge in [-0.25, -0.2) is 4.79 Å². The van der Waals surface area contributed by atoms with Crippen molar-refractivity contribution >= 4 is 23.5 Å². The van der Waals surface area contributed by atoms with Crippen molar-refractivity contribution < 1.29 is 14.7 Å². The molecule has 18 heavy (non-hydrogen) atoms. The van der Waals surface area contributed by atoms with Crippen LogP contribution in [0.1, 0.15) is 28.8 Å². The Morgan fingerprint density at radius 1 is 1.44 bits per heavy atom. The van der Waals surface area contributed by atoms with Crippen LogP contribution in [0.2, 0.25) is 5.02 Å². The molecule has 0 spiro atoms. The van der Waals surface area contributed by atoms with Gasteiger partial charge in [-0.15, -0.1) is 0 Å². The minimum atomic E-state index is -0.981. The molecule has 0 bridgehead atoms. The maximum Gasteiger partial charge on any atom is 0.326 e. The van der Waals surface area contributed by atoms with E-state index in [2.05, 4.69) is 5.32 Å². The van der Waals surface area contributed by atoms with Crippen LogP contribution >= 0.6 is 11.6 Å². The predicted octanol–water partition coefficient (Wildman–Crippen LogP) is 2.24. The van der Waals surface area contributed by atoms with Crippen LogP contribution < -0.4 is 5.32 Å². The number of carboxylic acid groups (broad SMARTS) is 1. The quantitative estimate of drug-likeness (QED) is 0.879. The molecular formula is C13H14ClNO3. The second kappa shape index (κ2) is 4.98. The van der Waals surface area contributed by atoms with Crippen molar-refractivity contribution in [3.63, 3.8) is 0 Å². The Morgan fingerprint density at radius 3 is 2.67 bits per heavy atom. The zero-order chi connectivity index (χ0) is 13.3. The van der Waals surface area contributed by atoms with E-state index in [1.807, 2.05) is 0 Å². The smallest absolute Gasteiger partial charge is 0.326 e. The summed E-state index contributed by atoms with van der Waals surface area (Å²) in [5.41, 5.74) is 1.09. The van der Waals surface area contributed by atoms with Crippen molar-refractivity contribution in [2.75, 3.05) is 0 Å². The standard InChI is InChI=1S/C13H14ClNO3/c1-7-9(3-2-4-10(7)14)12(16)15-11(13(17)18)8-5-6-8/h2-4,8,11H,5-6H2,1H3,(H,15,16)(H,17,18). The molecule has 1 amide bonds. The first kappa shape index (κ1) is 12.9. The molecule has 1 aliphatic carbocycles. The van der Waals surface area contributed by atoms with Gasteiger partial charge >= 0.3 is 5.97 Å². The highest BCUT2D eigenvalue weighted by atomic mass is 35.5. The SMILES string of the molecule is Cc1c(Cl)cccc1C(=O)NC(C(=O)O)C1CC1. The Bertz CT molecular complexity index is 497. The Labute approximate surface area is 110 Å². The first-order valence-corrected chi connectivity index (χ1v) is 6.17. The highest BCUT2D eigenvalue weighted by Gasteiger charge is 2.37. The lowest BCUT2D eigenvalue weighted by Crippen LogP contribution is -2.42. The van der Waals surface area contributed by atoms with E-state index in [0.717, 1.165) is 12.8 Å². The van der Waals surface area contributed by atoms with Crippen LogP contribution in [0, 0.1) is 12.8 Å². The number of hydrogen-bond donors (Lipinski definition) is 2. The number of halogens is 1. The van der Waals surface area contributed by atoms with Gasteiger partial charge in [0, 0.05) is 10.6 Å². The average molecular weight is 268 g/mol. The number of amides is 1. The lowest BCUT2D eigenvalue weighted by molar-refractivity contribution is -0.139. The van der Waals surface area contributed by atoms with Gasteiger partial charge < -0.3 is 10.4 Å². The van der Waals surface area contributed by atoms with Crippen molar-refractivity contribution in [1.82, 2.24) is 5.32 Å². The van der Waals surface area contributed by atoms with Crippen LogP contribution in [-0.4, -0.2) is 23.0 Å². The third-order valence-electron chi connectivity index (χ3n) is 3.16. The summed E-state index contributed by atoms with van der Waals surface area (Å²) < 4.78 is 0. The first-order chi connectivity index (χ1) is 8.50. The molecule has 0 aromatic heterocycles. The molecule has 1 aromatic carbocycles. The second-order valence-electron chi connectivity index (χ2n) is 4.54. The molecule has 0 aliphatic heterocycles. The first-order valence-electron chi connectivity index (χ1n) is 5.79. The van der Waals surface area contributed by atoms with Gasteiger partial charge in [-0.2, -0.15) is 0 Å². The molecule has 0 heterocycles. The molecule has 1 fully saturated rings. The summed E-state index contributed by atoms with van der Waals surface area (Å²) in [7, 11) is 0. The zero-order valence-electron chi connectivity index (χ0n) is 9.94. The second-order valence-corrected chi connectivity index (χ2v) is 4.95. The lowest BCUT2D eigenvalue weighted by Gasteiger charge is -2.14. The largest absolute Gasteiger partial charge is 0.480 e. The van der Waals surface area contributed by atoms with Crippen molar-refractivity contribution in [1.29, 1.82) is 0 Å². The fourth-order valence-corrected chi connectivity index (χ4v) is 2.06. The molecule has 1 atom stereocenters. The maximum atomic E-state index is 12.0. The fourth-order valence-electron chi connectivity index (χ4n) is 1.88. The molecule has 1 aromatic rings. The molecule has 1 unspecified atom stereocenters. The number of benzene rings is 1. The van der Waals surface area contributed by atoms with E-state index in [1.165, 1.54) is 0 Å². The van der Waals surface area contributed by atoms with Gasteiger partial charge in [0.2, 0.25) is 0 Å². The lowest BCUT2D eigenvalue weighted by atomic mass is 10.1. The van der Waals surface area contributed by atoms with E-state index in [4.69, 9.17) is 16.7 Å². The molecule has 0 saturated heterocycles. The summed E-state index contributed by atoms with van der Waals surface area (Å²) in [6.45, 7) is 1.74. The number of carboxylic acids is 1. The van der Waals surface area contributed by atoms with Crippen molar-refractivity contribution in [3.05, 3.63) is 34.3 Å². The van der Waals surface area contributed by atoms with Crippen LogP contribution in [0.25, 0.3) is 0 Å². The Morgan fingerprint density at radius 2 is 2.11 bits per heavy atom. The summed E-state index contributed by atoms with van der Waals surface area (Å²) in [4.78, 5) is 23.1. The monoisotopic (exact) mass is 267 g/mol. The average Bonchev–Trinajstić information content (AvgIpc) is 3.13. The Kier molecular flexibility index (Phi) is 3.57. The van der Waals surface area contributed by atoms with Crippen LogP contribution in [0.4, 0.5) is 0 Å². The number of carbonyl (C=O) groups excluding carboxylic acids is 1. The Balaban J connectivity index is 2.16. The third kappa shape index (κ3) is 2.64. The zero-order valence-corrected chi connectivity index (χ0v) is 10.7. The van der Waals surface area contributed by atoms with Crippen LogP contribution in [-0.2, 0) is 4.79 Å². The molecule has 0 radical (unpaired) electrons. The number of hydrogen-bond acceptors (Lipinski definition) is 2. The van der Waals surface area contributed by atoms with E-state index in [1.54, 1.807) is 25.1 Å². The van der Waals surface area contributed by atoms with Gasteiger partial charge in [-0.05, 0) is 43.4 Å². The molecule has 2 rings (SSSR count). The topological polar surface area (TPSA) is 66.4 Å². The molecule has 96 valence electrons. The minimum absolute atomic E-state index is 0.0611. The maximum absolute atomic E-state index is 12.0. The third-order valence-corrected chi connectivity index (χ3v) is 3.57. The van der Waals surface area contributed by atoms with Crippen molar-refractivity contribution in [2.45, 2.75) is 25.8 Å². The van der Waals surface area contributed by atoms with Crippen molar-refractivity contribution in [2.24, 2.45) is 5.92 Å². The predicted molar refractivity (Wildman–Crippen MR) is 67.8 cm³/mol. The van der Waals surface area contributed by atoms with Crippen LogP contribution in [0.5, 0.6) is 0 Å². The van der Waals surface area contributed by atoms with Gasteiger partial charge in [-0.1, -0.05) is 17.7 Å². The van der Waals surface area contributed by atoms with Gasteiger partial charge in [-0.3, -0.25) is 4.79 Å². The van der Waals surface area contributed by atoms with Gasteiger partial charge in [0.1, 0.15) is 6.04 Å². The molecule has 2 N–H and O–H groups in total. The number of carbonyl (C=O) groups is 2. The molecule has 1 saturated carbocycles. The number of aliphatic carboxylic acids is 1. The van der Waals surface area contributed by atoms with E-state index in [0.29, 0.717) is 16.1 Å². The fraction of sp³-hybridized carbons (Fsp3) is 0.385. The number of rotatable bonds is 4. The van der Waals surface area contributed by atoms with E-state index >= 15 is 0 Å². The summed E-state index contributed by atoms with van der Waals surface area (Å²) in [6.07, 6.45) is 1.71. The van der Waals surface area contributed by atoms with Crippen molar-refractivity contribution in [3.8, 4) is 0 Å². The molecule has 4 nitrogen and oxygen atoms in total.